The van der Waals surface area contributed by atoms with Gasteiger partial charge in [-0.3, -0.25) is 0 Å². The molecule has 0 N–H and O–H groups in total. The Labute approximate surface area is 167 Å². The molecule has 0 aliphatic rings. The Kier molecular flexibility index (Phi) is 18.9. The molecule has 0 saturated carbocycles. The Morgan fingerprint density at radius 3 is 1.56 bits per heavy atom. The predicted molar refractivity (Wildman–Crippen MR) is 117 cm³/mol. The number of unbranched alkanes of at least 4 members (excludes halogenated alkanes) is 11. The molecule has 0 radical (unpaired) electrons. The van der Waals surface area contributed by atoms with E-state index in [-0.39, 0.29) is 0 Å². The lowest BCUT2D eigenvalue weighted by Gasteiger charge is -2.15. The van der Waals surface area contributed by atoms with Gasteiger partial charge in [-0.1, -0.05) is 97.8 Å². The molecule has 5 heteroatoms. The van der Waals surface area contributed by atoms with Gasteiger partial charge in [0, 0.05) is 0 Å². The highest BCUT2D eigenvalue weighted by atomic mass is 35.7. The Morgan fingerprint density at radius 1 is 0.720 bits per heavy atom. The summed E-state index contributed by atoms with van der Waals surface area (Å²) in [5.41, 5.74) is 0. The van der Waals surface area contributed by atoms with Crippen molar-refractivity contribution in [3.05, 3.63) is 0 Å². The third-order valence-electron chi connectivity index (χ3n) is 4.41. The van der Waals surface area contributed by atoms with Crippen molar-refractivity contribution in [2.75, 3.05) is 13.2 Å². The zero-order valence-corrected chi connectivity index (χ0v) is 19.4. The Balaban J connectivity index is 3.35. The summed E-state index contributed by atoms with van der Waals surface area (Å²) < 4.78 is 11.2. The Bertz CT molecular complexity index is 327. The van der Waals surface area contributed by atoms with Gasteiger partial charge < -0.3 is 9.05 Å². The first-order valence-corrected chi connectivity index (χ1v) is 14.1. The van der Waals surface area contributed by atoms with Crippen molar-refractivity contribution in [1.29, 1.82) is 0 Å². The zero-order valence-electron chi connectivity index (χ0n) is 16.9. The predicted octanol–water partition coefficient (Wildman–Crippen LogP) is 8.62. The van der Waals surface area contributed by atoms with Crippen molar-refractivity contribution < 1.29 is 9.05 Å². The SMILES string of the molecule is CCCCCCCCCCCCOP(=S)(Cl)OCCCCCC(C)C. The lowest BCUT2D eigenvalue weighted by atomic mass is 10.1. The van der Waals surface area contributed by atoms with Crippen LogP contribution in [0.2, 0.25) is 0 Å². The highest BCUT2D eigenvalue weighted by Crippen LogP contribution is 2.54. The van der Waals surface area contributed by atoms with E-state index in [0.717, 1.165) is 18.8 Å². The van der Waals surface area contributed by atoms with Crippen LogP contribution in [0.1, 0.15) is 111 Å². The summed E-state index contributed by atoms with van der Waals surface area (Å²) in [7, 11) is 0. The number of rotatable bonds is 19. The molecular weight excluding hydrogens is 371 g/mol. The van der Waals surface area contributed by atoms with Crippen LogP contribution in [0, 0.1) is 5.92 Å². The van der Waals surface area contributed by atoms with Crippen LogP contribution in [0.15, 0.2) is 0 Å². The molecule has 0 fully saturated rings. The fourth-order valence-electron chi connectivity index (χ4n) is 2.81. The minimum atomic E-state index is -2.53. The van der Waals surface area contributed by atoms with Gasteiger partial charge in [-0.25, -0.2) is 0 Å². The average Bonchev–Trinajstić information content (AvgIpc) is 2.55. The van der Waals surface area contributed by atoms with Crippen LogP contribution in [-0.2, 0) is 20.9 Å². The highest BCUT2D eigenvalue weighted by molar-refractivity contribution is 8.22. The van der Waals surface area contributed by atoms with Crippen molar-refractivity contribution in [2.24, 2.45) is 5.92 Å². The van der Waals surface area contributed by atoms with Crippen molar-refractivity contribution in [3.8, 4) is 0 Å². The molecule has 0 rings (SSSR count). The van der Waals surface area contributed by atoms with Crippen molar-refractivity contribution in [3.63, 3.8) is 0 Å². The lowest BCUT2D eigenvalue weighted by molar-refractivity contribution is 0.248. The summed E-state index contributed by atoms with van der Waals surface area (Å²) >= 11 is 11.5. The van der Waals surface area contributed by atoms with Gasteiger partial charge in [0.05, 0.1) is 13.2 Å². The third-order valence-corrected chi connectivity index (χ3v) is 6.61. The molecule has 2 nitrogen and oxygen atoms in total. The summed E-state index contributed by atoms with van der Waals surface area (Å²) in [6.45, 7) is 8.07. The Morgan fingerprint density at radius 2 is 1.12 bits per heavy atom. The monoisotopic (exact) mass is 412 g/mol. The molecular formula is C20H42ClO2PS. The van der Waals surface area contributed by atoms with E-state index in [1.807, 2.05) is 0 Å². The molecule has 0 aliphatic heterocycles. The fourth-order valence-corrected chi connectivity index (χ4v) is 4.44. The maximum atomic E-state index is 6.20. The summed E-state index contributed by atoms with van der Waals surface area (Å²) in [6.07, 6.45) is 17.9. The molecule has 0 spiro atoms. The molecule has 1 unspecified atom stereocenters. The largest absolute Gasteiger partial charge is 0.318 e. The molecule has 0 aromatic rings. The third kappa shape index (κ3) is 21.0. The van der Waals surface area contributed by atoms with E-state index in [9.17, 15) is 0 Å². The maximum Gasteiger partial charge on any atom is 0.281 e. The second kappa shape index (κ2) is 18.2. The second-order valence-electron chi connectivity index (χ2n) is 7.52. The molecule has 0 saturated heterocycles. The first-order valence-electron chi connectivity index (χ1n) is 10.6. The summed E-state index contributed by atoms with van der Waals surface area (Å²) in [5.74, 6) is -1.75. The van der Waals surface area contributed by atoms with Gasteiger partial charge in [-0.05, 0) is 41.8 Å². The topological polar surface area (TPSA) is 18.5 Å². The molecule has 152 valence electrons. The molecule has 1 atom stereocenters. The highest BCUT2D eigenvalue weighted by Gasteiger charge is 2.14. The van der Waals surface area contributed by atoms with E-state index in [4.69, 9.17) is 32.1 Å². The first kappa shape index (κ1) is 25.9. The van der Waals surface area contributed by atoms with Gasteiger partial charge in [0.15, 0.2) is 0 Å². The molecule has 25 heavy (non-hydrogen) atoms. The van der Waals surface area contributed by atoms with Crippen LogP contribution >= 0.6 is 17.1 Å². The van der Waals surface area contributed by atoms with Crippen LogP contribution in [0.5, 0.6) is 0 Å². The summed E-state index contributed by atoms with van der Waals surface area (Å²) in [4.78, 5) is 0. The van der Waals surface area contributed by atoms with Gasteiger partial charge >= 0.3 is 0 Å². The Hall–Kier alpha value is 0.860. The lowest BCUT2D eigenvalue weighted by Crippen LogP contribution is -1.96. The molecule has 0 aromatic heterocycles. The van der Waals surface area contributed by atoms with E-state index in [2.05, 4.69) is 20.8 Å². The minimum Gasteiger partial charge on any atom is -0.318 e. The summed E-state index contributed by atoms with van der Waals surface area (Å²) in [6, 6.07) is 0. The van der Waals surface area contributed by atoms with E-state index >= 15 is 0 Å². The van der Waals surface area contributed by atoms with Crippen molar-refractivity contribution >= 4 is 28.9 Å². The van der Waals surface area contributed by atoms with Gasteiger partial charge in [0.1, 0.15) is 0 Å². The maximum absolute atomic E-state index is 6.20. The fraction of sp³-hybridized carbons (Fsp3) is 1.00. The minimum absolute atomic E-state index is 0.636. The normalized spacial score (nSPS) is 14.1. The van der Waals surface area contributed by atoms with E-state index in [1.165, 1.54) is 77.0 Å². The quantitative estimate of drug-likeness (QED) is 0.156. The number of halogens is 1. The number of hydrogen-bond donors (Lipinski definition) is 0. The van der Waals surface area contributed by atoms with Gasteiger partial charge in [-0.15, -0.1) is 0 Å². The van der Waals surface area contributed by atoms with Gasteiger partial charge in [-0.2, -0.15) is 0 Å². The van der Waals surface area contributed by atoms with Gasteiger partial charge in [0.2, 0.25) is 0 Å². The first-order chi connectivity index (χ1) is 12.0. The molecule has 0 bridgehead atoms. The standard InChI is InChI=1S/C20H42ClO2PS/c1-4-5-6-7-8-9-10-11-12-15-18-22-24(21,25)23-19-16-13-14-17-20(2)3/h20H,4-19H2,1-3H3. The number of hydrogen-bond acceptors (Lipinski definition) is 3. The molecule has 0 aromatic carbocycles. The van der Waals surface area contributed by atoms with Crippen LogP contribution in [-0.4, -0.2) is 13.2 Å². The molecule has 0 amide bonds. The second-order valence-corrected chi connectivity index (χ2v) is 12.3. The van der Waals surface area contributed by atoms with E-state index in [0.29, 0.717) is 13.2 Å². The average molecular weight is 413 g/mol. The molecule has 0 aliphatic carbocycles. The van der Waals surface area contributed by atoms with Gasteiger partial charge in [0.25, 0.3) is 5.84 Å². The van der Waals surface area contributed by atoms with Crippen molar-refractivity contribution in [1.82, 2.24) is 0 Å². The summed E-state index contributed by atoms with van der Waals surface area (Å²) in [5, 5.41) is 0. The van der Waals surface area contributed by atoms with Crippen LogP contribution in [0.25, 0.3) is 0 Å². The smallest absolute Gasteiger partial charge is 0.281 e. The molecule has 0 heterocycles. The van der Waals surface area contributed by atoms with E-state index in [1.54, 1.807) is 0 Å². The van der Waals surface area contributed by atoms with Crippen LogP contribution in [0.3, 0.4) is 0 Å². The zero-order chi connectivity index (χ0) is 18.8. The van der Waals surface area contributed by atoms with Crippen LogP contribution < -0.4 is 0 Å². The van der Waals surface area contributed by atoms with Crippen LogP contribution in [0.4, 0.5) is 0 Å². The van der Waals surface area contributed by atoms with E-state index < -0.39 is 5.84 Å². The van der Waals surface area contributed by atoms with Crippen molar-refractivity contribution in [2.45, 2.75) is 111 Å².